The third-order valence-corrected chi connectivity index (χ3v) is 3.99. The van der Waals surface area contributed by atoms with Crippen LogP contribution in [0, 0.1) is 6.92 Å². The lowest BCUT2D eigenvalue weighted by molar-refractivity contribution is 0.0335. The van der Waals surface area contributed by atoms with Crippen LogP contribution in [-0.4, -0.2) is 0 Å². The Bertz CT molecular complexity index is 578. The Morgan fingerprint density at radius 3 is 2.38 bits per heavy atom. The molecule has 0 N–H and O–H groups in total. The largest absolute Gasteiger partial charge is 0.369 e. The van der Waals surface area contributed by atoms with Crippen molar-refractivity contribution in [1.29, 1.82) is 0 Å². The molecule has 0 aromatic heterocycles. The highest BCUT2D eigenvalue weighted by atomic mass is 35.5. The van der Waals surface area contributed by atoms with E-state index in [9.17, 15) is 0 Å². The van der Waals surface area contributed by atoms with E-state index in [-0.39, 0.29) is 6.10 Å². The zero-order valence-electron chi connectivity index (χ0n) is 12.4. The van der Waals surface area contributed by atoms with Gasteiger partial charge in [-0.05, 0) is 36.6 Å². The van der Waals surface area contributed by atoms with Gasteiger partial charge in [-0.1, -0.05) is 72.4 Å². The van der Waals surface area contributed by atoms with Crippen molar-refractivity contribution in [2.75, 3.05) is 0 Å². The summed E-state index contributed by atoms with van der Waals surface area (Å²) in [5.74, 6) is 0. The lowest BCUT2D eigenvalue weighted by atomic mass is 10.0. The lowest BCUT2D eigenvalue weighted by Crippen LogP contribution is -2.05. The summed E-state index contributed by atoms with van der Waals surface area (Å²) in [7, 11) is 0. The first-order valence-electron chi connectivity index (χ1n) is 7.22. The molecule has 0 saturated carbocycles. The number of benzene rings is 2. The van der Waals surface area contributed by atoms with Gasteiger partial charge < -0.3 is 4.74 Å². The smallest absolute Gasteiger partial charge is 0.0843 e. The average molecular weight is 323 g/mol. The fourth-order valence-corrected chi connectivity index (χ4v) is 2.76. The van der Waals surface area contributed by atoms with Crippen LogP contribution >= 0.6 is 23.2 Å². The van der Waals surface area contributed by atoms with Crippen molar-refractivity contribution in [2.45, 2.75) is 39.4 Å². The number of aryl methyl sites for hydroxylation is 1. The van der Waals surface area contributed by atoms with Crippen LogP contribution < -0.4 is 0 Å². The highest BCUT2D eigenvalue weighted by Gasteiger charge is 2.15. The Kier molecular flexibility index (Phi) is 6.10. The van der Waals surface area contributed by atoms with Crippen molar-refractivity contribution >= 4 is 23.2 Å². The fraction of sp³-hybridized carbons (Fsp3) is 0.333. The maximum absolute atomic E-state index is 6.30. The molecular weight excluding hydrogens is 303 g/mol. The van der Waals surface area contributed by atoms with Gasteiger partial charge in [0.15, 0.2) is 0 Å². The normalized spacial score (nSPS) is 12.4. The summed E-state index contributed by atoms with van der Waals surface area (Å²) in [6.45, 7) is 4.81. The monoisotopic (exact) mass is 322 g/mol. The second-order valence-electron chi connectivity index (χ2n) is 5.24. The van der Waals surface area contributed by atoms with Gasteiger partial charge >= 0.3 is 0 Å². The Hall–Kier alpha value is -1.02. The van der Waals surface area contributed by atoms with Gasteiger partial charge in [-0.15, -0.1) is 0 Å². The Morgan fingerprint density at radius 1 is 1.05 bits per heavy atom. The molecule has 0 aliphatic carbocycles. The van der Waals surface area contributed by atoms with Crippen molar-refractivity contribution in [3.63, 3.8) is 0 Å². The van der Waals surface area contributed by atoms with E-state index in [2.05, 4.69) is 38.1 Å². The van der Waals surface area contributed by atoms with Crippen LogP contribution in [0.2, 0.25) is 10.0 Å². The number of hydrogen-bond acceptors (Lipinski definition) is 1. The summed E-state index contributed by atoms with van der Waals surface area (Å²) < 4.78 is 6.09. The van der Waals surface area contributed by atoms with E-state index in [1.807, 2.05) is 12.1 Å². The quantitative estimate of drug-likeness (QED) is 0.601. The standard InChI is InChI=1S/C18H20Cl2O/c1-3-4-18(16-10-9-15(19)11-17(16)20)21-12-14-7-5-13(2)6-8-14/h5-11,18H,3-4,12H2,1-2H3. The van der Waals surface area contributed by atoms with Crippen LogP contribution in [0.25, 0.3) is 0 Å². The van der Waals surface area contributed by atoms with E-state index >= 15 is 0 Å². The first-order valence-corrected chi connectivity index (χ1v) is 7.98. The second kappa shape index (κ2) is 7.84. The summed E-state index contributed by atoms with van der Waals surface area (Å²) >= 11 is 12.3. The highest BCUT2D eigenvalue weighted by Crippen LogP contribution is 2.32. The van der Waals surface area contributed by atoms with Crippen LogP contribution in [0.1, 0.15) is 42.6 Å². The maximum Gasteiger partial charge on any atom is 0.0843 e. The van der Waals surface area contributed by atoms with Crippen molar-refractivity contribution < 1.29 is 4.74 Å². The van der Waals surface area contributed by atoms with Crippen molar-refractivity contribution in [2.24, 2.45) is 0 Å². The number of hydrogen-bond donors (Lipinski definition) is 0. The number of halogens is 2. The van der Waals surface area contributed by atoms with Crippen LogP contribution in [0.15, 0.2) is 42.5 Å². The van der Waals surface area contributed by atoms with Crippen LogP contribution in [0.4, 0.5) is 0 Å². The molecule has 21 heavy (non-hydrogen) atoms. The van der Waals surface area contributed by atoms with Gasteiger partial charge in [0.05, 0.1) is 12.7 Å². The molecule has 0 fully saturated rings. The van der Waals surface area contributed by atoms with Crippen molar-refractivity contribution in [3.8, 4) is 0 Å². The molecule has 0 heterocycles. The molecule has 1 nitrogen and oxygen atoms in total. The Morgan fingerprint density at radius 2 is 1.76 bits per heavy atom. The minimum absolute atomic E-state index is 0.000990. The topological polar surface area (TPSA) is 9.23 Å². The molecular formula is C18H20Cl2O. The van der Waals surface area contributed by atoms with Gasteiger partial charge in [0.1, 0.15) is 0 Å². The van der Waals surface area contributed by atoms with Crippen LogP contribution in [0.3, 0.4) is 0 Å². The highest BCUT2D eigenvalue weighted by molar-refractivity contribution is 6.35. The minimum atomic E-state index is 0.000990. The van der Waals surface area contributed by atoms with E-state index in [0.717, 1.165) is 18.4 Å². The van der Waals surface area contributed by atoms with Crippen molar-refractivity contribution in [1.82, 2.24) is 0 Å². The number of rotatable bonds is 6. The first kappa shape index (κ1) is 16.4. The summed E-state index contributed by atoms with van der Waals surface area (Å²) in [6, 6.07) is 14.0. The average Bonchev–Trinajstić information content (AvgIpc) is 2.46. The lowest BCUT2D eigenvalue weighted by Gasteiger charge is -2.19. The van der Waals surface area contributed by atoms with Crippen LogP contribution in [0.5, 0.6) is 0 Å². The summed E-state index contributed by atoms with van der Waals surface area (Å²) in [6.07, 6.45) is 1.98. The molecule has 0 aliphatic heterocycles. The molecule has 3 heteroatoms. The van der Waals surface area contributed by atoms with E-state index in [1.54, 1.807) is 6.07 Å². The second-order valence-corrected chi connectivity index (χ2v) is 6.08. The molecule has 2 rings (SSSR count). The van der Waals surface area contributed by atoms with Crippen LogP contribution in [-0.2, 0) is 11.3 Å². The van der Waals surface area contributed by atoms with E-state index in [0.29, 0.717) is 16.7 Å². The first-order chi connectivity index (χ1) is 10.1. The molecule has 0 saturated heterocycles. The molecule has 0 amide bonds. The zero-order valence-corrected chi connectivity index (χ0v) is 13.9. The summed E-state index contributed by atoms with van der Waals surface area (Å²) in [5.41, 5.74) is 3.44. The maximum atomic E-state index is 6.30. The molecule has 1 atom stereocenters. The Balaban J connectivity index is 2.09. The predicted molar refractivity (Wildman–Crippen MR) is 90.1 cm³/mol. The zero-order chi connectivity index (χ0) is 15.2. The Labute approximate surface area is 136 Å². The molecule has 112 valence electrons. The molecule has 0 bridgehead atoms. The molecule has 0 spiro atoms. The molecule has 0 radical (unpaired) electrons. The number of ether oxygens (including phenoxy) is 1. The van der Waals surface area contributed by atoms with Crippen molar-refractivity contribution in [3.05, 3.63) is 69.2 Å². The van der Waals surface area contributed by atoms with E-state index < -0.39 is 0 Å². The molecule has 2 aromatic carbocycles. The third-order valence-electron chi connectivity index (χ3n) is 3.43. The van der Waals surface area contributed by atoms with Gasteiger partial charge in [0.25, 0.3) is 0 Å². The molecule has 2 aromatic rings. The van der Waals surface area contributed by atoms with E-state index in [1.165, 1.54) is 11.1 Å². The minimum Gasteiger partial charge on any atom is -0.369 e. The van der Waals surface area contributed by atoms with E-state index in [4.69, 9.17) is 27.9 Å². The summed E-state index contributed by atoms with van der Waals surface area (Å²) in [4.78, 5) is 0. The third kappa shape index (κ3) is 4.74. The predicted octanol–water partition coefficient (Wildman–Crippen LogP) is 6.36. The summed E-state index contributed by atoms with van der Waals surface area (Å²) in [5, 5.41) is 1.32. The fourth-order valence-electron chi connectivity index (χ4n) is 2.23. The van der Waals surface area contributed by atoms with Gasteiger partial charge in [-0.25, -0.2) is 0 Å². The van der Waals surface area contributed by atoms with Gasteiger partial charge in [-0.3, -0.25) is 0 Å². The SMILES string of the molecule is CCCC(OCc1ccc(C)cc1)c1ccc(Cl)cc1Cl. The molecule has 0 aliphatic rings. The molecule has 1 unspecified atom stereocenters. The van der Waals surface area contributed by atoms with Gasteiger partial charge in [0.2, 0.25) is 0 Å². The van der Waals surface area contributed by atoms with Gasteiger partial charge in [-0.2, -0.15) is 0 Å². The van der Waals surface area contributed by atoms with Gasteiger partial charge in [0, 0.05) is 10.0 Å².